The van der Waals surface area contributed by atoms with Crippen LogP contribution in [0, 0.1) is 0 Å². The molecule has 0 radical (unpaired) electrons. The highest BCUT2D eigenvalue weighted by Gasteiger charge is 2.42. The SMILES string of the molecule is O=C(CCCCc1cccnc1)N1C[C@@H]2OCCC(=O)N(Cc3ccccc3)[C@H]2C1. The van der Waals surface area contributed by atoms with Crippen LogP contribution in [0.2, 0.25) is 0 Å². The van der Waals surface area contributed by atoms with Crippen LogP contribution in [0.25, 0.3) is 0 Å². The standard InChI is InChI=1S/C24H29N3O3/c28-23(11-5-4-7-19-10-6-13-25-15-19)26-17-21-22(18-26)30-14-12-24(29)27(21)16-20-8-2-1-3-9-20/h1-3,6,8-10,13,15,21-22H,4-5,7,11-12,14,16-18H2/t21-,22-/m0/s1. The molecule has 2 fully saturated rings. The number of benzene rings is 1. The van der Waals surface area contributed by atoms with E-state index in [-0.39, 0.29) is 24.0 Å². The highest BCUT2D eigenvalue weighted by Crippen LogP contribution is 2.26. The highest BCUT2D eigenvalue weighted by molar-refractivity contribution is 5.79. The van der Waals surface area contributed by atoms with Crippen molar-refractivity contribution in [3.05, 3.63) is 66.0 Å². The summed E-state index contributed by atoms with van der Waals surface area (Å²) in [6.07, 6.45) is 7.25. The summed E-state index contributed by atoms with van der Waals surface area (Å²) >= 11 is 0. The van der Waals surface area contributed by atoms with Crippen LogP contribution in [-0.4, -0.2) is 58.4 Å². The zero-order chi connectivity index (χ0) is 20.8. The van der Waals surface area contributed by atoms with Crippen LogP contribution < -0.4 is 0 Å². The fourth-order valence-corrected chi connectivity index (χ4v) is 4.34. The maximum atomic E-state index is 12.8. The molecule has 2 atom stereocenters. The third kappa shape index (κ3) is 5.05. The minimum atomic E-state index is -0.0977. The zero-order valence-corrected chi connectivity index (χ0v) is 17.3. The summed E-state index contributed by atoms with van der Waals surface area (Å²) in [7, 11) is 0. The topological polar surface area (TPSA) is 62.7 Å². The number of likely N-dealkylation sites (tertiary alicyclic amines) is 1. The Balaban J connectivity index is 1.32. The molecule has 6 nitrogen and oxygen atoms in total. The lowest BCUT2D eigenvalue weighted by atomic mass is 10.1. The summed E-state index contributed by atoms with van der Waals surface area (Å²) in [4.78, 5) is 33.4. The van der Waals surface area contributed by atoms with Gasteiger partial charge in [0.1, 0.15) is 0 Å². The number of hydrogen-bond donors (Lipinski definition) is 0. The monoisotopic (exact) mass is 407 g/mol. The van der Waals surface area contributed by atoms with Crippen molar-refractivity contribution >= 4 is 11.8 Å². The normalized spacial score (nSPS) is 21.4. The predicted octanol–water partition coefficient (Wildman–Crippen LogP) is 2.82. The molecule has 2 amide bonds. The van der Waals surface area contributed by atoms with E-state index in [2.05, 4.69) is 11.1 Å². The van der Waals surface area contributed by atoms with Crippen molar-refractivity contribution in [2.24, 2.45) is 0 Å². The van der Waals surface area contributed by atoms with Gasteiger partial charge < -0.3 is 14.5 Å². The third-order valence-corrected chi connectivity index (χ3v) is 5.98. The first-order valence-electron chi connectivity index (χ1n) is 10.8. The summed E-state index contributed by atoms with van der Waals surface area (Å²) in [5, 5.41) is 0. The molecule has 2 saturated heterocycles. The first-order valence-corrected chi connectivity index (χ1v) is 10.8. The fraction of sp³-hybridized carbons (Fsp3) is 0.458. The number of rotatable bonds is 7. The van der Waals surface area contributed by atoms with Crippen LogP contribution in [0.4, 0.5) is 0 Å². The molecule has 2 aliphatic rings. The van der Waals surface area contributed by atoms with E-state index in [9.17, 15) is 9.59 Å². The van der Waals surface area contributed by atoms with Crippen molar-refractivity contribution in [3.63, 3.8) is 0 Å². The Labute approximate surface area is 177 Å². The van der Waals surface area contributed by atoms with Crippen molar-refractivity contribution in [2.75, 3.05) is 19.7 Å². The van der Waals surface area contributed by atoms with Crippen molar-refractivity contribution < 1.29 is 14.3 Å². The molecular weight excluding hydrogens is 378 g/mol. The lowest BCUT2D eigenvalue weighted by molar-refractivity contribution is -0.135. The molecule has 0 bridgehead atoms. The van der Waals surface area contributed by atoms with Gasteiger partial charge in [-0.15, -0.1) is 0 Å². The molecule has 6 heteroatoms. The second-order valence-electron chi connectivity index (χ2n) is 8.10. The Bertz CT molecular complexity index is 843. The smallest absolute Gasteiger partial charge is 0.225 e. The van der Waals surface area contributed by atoms with Crippen LogP contribution in [0.5, 0.6) is 0 Å². The van der Waals surface area contributed by atoms with Crippen molar-refractivity contribution in [1.29, 1.82) is 0 Å². The van der Waals surface area contributed by atoms with Crippen molar-refractivity contribution in [2.45, 2.75) is 50.8 Å². The van der Waals surface area contributed by atoms with E-state index < -0.39 is 0 Å². The van der Waals surface area contributed by atoms with Gasteiger partial charge in [0, 0.05) is 38.4 Å². The summed E-state index contributed by atoms with van der Waals surface area (Å²) in [6.45, 7) is 2.13. The number of unbranched alkanes of at least 4 members (excludes halogenated alkanes) is 1. The zero-order valence-electron chi connectivity index (χ0n) is 17.3. The molecule has 4 rings (SSSR count). The van der Waals surface area contributed by atoms with Gasteiger partial charge >= 0.3 is 0 Å². The molecule has 0 N–H and O–H groups in total. The Hall–Kier alpha value is -2.73. The molecule has 0 unspecified atom stereocenters. The molecule has 1 aromatic heterocycles. The number of aryl methyl sites for hydroxylation is 1. The van der Waals surface area contributed by atoms with Crippen LogP contribution in [-0.2, 0) is 27.3 Å². The Morgan fingerprint density at radius 1 is 1.07 bits per heavy atom. The van der Waals surface area contributed by atoms with E-state index in [1.54, 1.807) is 6.20 Å². The van der Waals surface area contributed by atoms with E-state index in [1.165, 1.54) is 5.56 Å². The molecule has 0 saturated carbocycles. The first-order chi connectivity index (χ1) is 14.7. The molecule has 30 heavy (non-hydrogen) atoms. The van der Waals surface area contributed by atoms with E-state index in [0.717, 1.165) is 24.8 Å². The lowest BCUT2D eigenvalue weighted by Crippen LogP contribution is -2.45. The van der Waals surface area contributed by atoms with Gasteiger partial charge in [-0.1, -0.05) is 36.4 Å². The molecule has 158 valence electrons. The number of fused-ring (bicyclic) bond motifs is 1. The molecule has 2 aromatic rings. The molecule has 1 aromatic carbocycles. The van der Waals surface area contributed by atoms with Crippen molar-refractivity contribution in [3.8, 4) is 0 Å². The number of carbonyl (C=O) groups is 2. The second-order valence-corrected chi connectivity index (χ2v) is 8.10. The van der Waals surface area contributed by atoms with E-state index >= 15 is 0 Å². The Morgan fingerprint density at radius 3 is 2.70 bits per heavy atom. The van der Waals surface area contributed by atoms with Crippen molar-refractivity contribution in [1.82, 2.24) is 14.8 Å². The average Bonchev–Trinajstić information content (AvgIpc) is 3.14. The number of ether oxygens (including phenoxy) is 1. The quantitative estimate of drug-likeness (QED) is 0.662. The highest BCUT2D eigenvalue weighted by atomic mass is 16.5. The van der Waals surface area contributed by atoms with Crippen LogP contribution in [0.15, 0.2) is 54.9 Å². The van der Waals surface area contributed by atoms with Gasteiger partial charge in [0.25, 0.3) is 0 Å². The van der Waals surface area contributed by atoms with Crippen LogP contribution in [0.1, 0.15) is 36.8 Å². The van der Waals surface area contributed by atoms with Gasteiger partial charge in [0.05, 0.1) is 25.2 Å². The molecular formula is C24H29N3O3. The number of amides is 2. The molecule has 3 heterocycles. The van der Waals surface area contributed by atoms with Crippen LogP contribution >= 0.6 is 0 Å². The third-order valence-electron chi connectivity index (χ3n) is 5.98. The number of carbonyl (C=O) groups excluding carboxylic acids is 2. The average molecular weight is 408 g/mol. The van der Waals surface area contributed by atoms with Gasteiger partial charge in [-0.2, -0.15) is 0 Å². The van der Waals surface area contributed by atoms with E-state index in [4.69, 9.17) is 4.74 Å². The van der Waals surface area contributed by atoms with Crippen LogP contribution in [0.3, 0.4) is 0 Å². The van der Waals surface area contributed by atoms with E-state index in [1.807, 2.05) is 52.4 Å². The maximum Gasteiger partial charge on any atom is 0.225 e. The molecule has 0 aliphatic carbocycles. The predicted molar refractivity (Wildman–Crippen MR) is 114 cm³/mol. The number of pyridine rings is 1. The number of nitrogens with zero attached hydrogens (tertiary/aromatic N) is 3. The Morgan fingerprint density at radius 2 is 1.90 bits per heavy atom. The van der Waals surface area contributed by atoms with Gasteiger partial charge in [-0.3, -0.25) is 14.6 Å². The number of aromatic nitrogens is 1. The molecule has 0 spiro atoms. The number of hydrogen-bond acceptors (Lipinski definition) is 4. The Kier molecular flexibility index (Phi) is 6.74. The first kappa shape index (κ1) is 20.5. The summed E-state index contributed by atoms with van der Waals surface area (Å²) < 4.78 is 5.97. The summed E-state index contributed by atoms with van der Waals surface area (Å²) in [5.41, 5.74) is 2.31. The minimum absolute atomic E-state index is 0.0699. The fourth-order valence-electron chi connectivity index (χ4n) is 4.34. The maximum absolute atomic E-state index is 12.8. The van der Waals surface area contributed by atoms with Gasteiger partial charge in [-0.05, 0) is 36.5 Å². The van der Waals surface area contributed by atoms with Gasteiger partial charge in [0.2, 0.25) is 11.8 Å². The largest absolute Gasteiger partial charge is 0.374 e. The minimum Gasteiger partial charge on any atom is -0.374 e. The van der Waals surface area contributed by atoms with Gasteiger partial charge in [0.15, 0.2) is 0 Å². The van der Waals surface area contributed by atoms with Gasteiger partial charge in [-0.25, -0.2) is 0 Å². The second kappa shape index (κ2) is 9.85. The lowest BCUT2D eigenvalue weighted by Gasteiger charge is -2.29. The summed E-state index contributed by atoms with van der Waals surface area (Å²) in [5.74, 6) is 0.266. The molecule has 2 aliphatic heterocycles. The van der Waals surface area contributed by atoms with E-state index in [0.29, 0.717) is 39.1 Å². The summed E-state index contributed by atoms with van der Waals surface area (Å²) in [6, 6.07) is 14.0.